The summed E-state index contributed by atoms with van der Waals surface area (Å²) in [5.41, 5.74) is 6.93. The monoisotopic (exact) mass is 345 g/mol. The average molecular weight is 345 g/mol. The molecule has 2 aromatic rings. The molecule has 8 heteroatoms. The Balaban J connectivity index is 1.57. The molecule has 0 saturated carbocycles. The molecule has 1 aromatic carbocycles. The van der Waals surface area contributed by atoms with E-state index in [1.54, 1.807) is 7.11 Å². The molecular formula is C17H23N5O3. The van der Waals surface area contributed by atoms with Crippen molar-refractivity contribution in [3.63, 3.8) is 0 Å². The summed E-state index contributed by atoms with van der Waals surface area (Å²) < 4.78 is 5.19. The molecule has 134 valence electrons. The normalized spacial score (nSPS) is 18.2. The van der Waals surface area contributed by atoms with Crippen LogP contribution < -0.4 is 15.8 Å². The van der Waals surface area contributed by atoms with Crippen LogP contribution in [0.3, 0.4) is 0 Å². The number of carbonyl (C=O) groups is 2. The van der Waals surface area contributed by atoms with Gasteiger partial charge >= 0.3 is 0 Å². The second kappa shape index (κ2) is 7.52. The highest BCUT2D eigenvalue weighted by atomic mass is 16.5. The molecule has 1 aliphatic heterocycles. The number of imidazole rings is 1. The quantitative estimate of drug-likeness (QED) is 0.701. The second-order valence-corrected chi connectivity index (χ2v) is 6.32. The summed E-state index contributed by atoms with van der Waals surface area (Å²) in [7, 11) is 1.62. The summed E-state index contributed by atoms with van der Waals surface area (Å²) in [6.45, 7) is 1.90. The number of piperidine rings is 1. The average Bonchev–Trinajstić information content (AvgIpc) is 3.01. The smallest absolute Gasteiger partial charge is 0.231 e. The molecule has 1 atom stereocenters. The lowest BCUT2D eigenvalue weighted by Gasteiger charge is -2.30. The number of hydrogen-bond donors (Lipinski definition) is 3. The Bertz CT molecular complexity index is 773. The Kier molecular flexibility index (Phi) is 5.18. The van der Waals surface area contributed by atoms with Crippen LogP contribution in [0, 0.1) is 5.92 Å². The van der Waals surface area contributed by atoms with Gasteiger partial charge in [0, 0.05) is 12.6 Å². The molecule has 1 aliphatic rings. The van der Waals surface area contributed by atoms with Crippen LogP contribution in [0.15, 0.2) is 18.2 Å². The van der Waals surface area contributed by atoms with Gasteiger partial charge in [-0.3, -0.25) is 14.5 Å². The van der Waals surface area contributed by atoms with Gasteiger partial charge in [-0.1, -0.05) is 0 Å². The number of fused-ring (bicyclic) bond motifs is 1. The van der Waals surface area contributed by atoms with Crippen molar-refractivity contribution >= 4 is 22.8 Å². The van der Waals surface area contributed by atoms with Gasteiger partial charge in [0.15, 0.2) is 0 Å². The molecule has 1 unspecified atom stereocenters. The van der Waals surface area contributed by atoms with Crippen molar-refractivity contribution in [3.8, 4) is 5.75 Å². The number of nitrogens with zero attached hydrogens (tertiary/aromatic N) is 2. The summed E-state index contributed by atoms with van der Waals surface area (Å²) >= 11 is 0. The number of H-pyrrole nitrogens is 1. The van der Waals surface area contributed by atoms with Gasteiger partial charge < -0.3 is 20.8 Å². The van der Waals surface area contributed by atoms with Crippen LogP contribution in [-0.4, -0.2) is 53.4 Å². The molecule has 0 aliphatic carbocycles. The van der Waals surface area contributed by atoms with Gasteiger partial charge in [-0.15, -0.1) is 0 Å². The van der Waals surface area contributed by atoms with Crippen LogP contribution in [0.4, 0.5) is 0 Å². The van der Waals surface area contributed by atoms with E-state index in [-0.39, 0.29) is 24.3 Å². The van der Waals surface area contributed by atoms with Gasteiger partial charge in [-0.25, -0.2) is 4.98 Å². The lowest BCUT2D eigenvalue weighted by atomic mass is 9.97. The van der Waals surface area contributed by atoms with E-state index in [1.165, 1.54) is 0 Å². The third-order valence-electron chi connectivity index (χ3n) is 4.42. The fraction of sp³-hybridized carbons (Fsp3) is 0.471. The van der Waals surface area contributed by atoms with E-state index in [0.29, 0.717) is 18.9 Å². The van der Waals surface area contributed by atoms with E-state index in [9.17, 15) is 9.59 Å². The Labute approximate surface area is 145 Å². The number of nitrogens with one attached hydrogen (secondary N) is 2. The Morgan fingerprint density at radius 1 is 1.48 bits per heavy atom. The van der Waals surface area contributed by atoms with E-state index >= 15 is 0 Å². The maximum atomic E-state index is 12.4. The van der Waals surface area contributed by atoms with E-state index in [0.717, 1.165) is 36.2 Å². The van der Waals surface area contributed by atoms with Crippen molar-refractivity contribution in [2.45, 2.75) is 19.4 Å². The zero-order valence-electron chi connectivity index (χ0n) is 14.2. The zero-order valence-corrected chi connectivity index (χ0v) is 14.2. The highest BCUT2D eigenvalue weighted by Crippen LogP contribution is 2.19. The molecule has 2 heterocycles. The number of likely N-dealkylation sites (tertiary alicyclic amines) is 1. The third kappa shape index (κ3) is 4.27. The number of carbonyl (C=O) groups excluding carboxylic acids is 2. The number of aromatic nitrogens is 2. The molecule has 0 radical (unpaired) electrons. The predicted molar refractivity (Wildman–Crippen MR) is 92.9 cm³/mol. The number of benzene rings is 1. The largest absolute Gasteiger partial charge is 0.497 e. The van der Waals surface area contributed by atoms with Crippen molar-refractivity contribution < 1.29 is 14.3 Å². The Hall–Kier alpha value is -2.61. The number of rotatable bonds is 6. The van der Waals surface area contributed by atoms with Crippen molar-refractivity contribution in [2.75, 3.05) is 26.7 Å². The predicted octanol–water partition coefficient (Wildman–Crippen LogP) is 0.385. The van der Waals surface area contributed by atoms with Crippen LogP contribution in [0.1, 0.15) is 18.7 Å². The molecule has 8 nitrogen and oxygen atoms in total. The van der Waals surface area contributed by atoms with Gasteiger partial charge in [0.2, 0.25) is 11.8 Å². The summed E-state index contributed by atoms with van der Waals surface area (Å²) in [6.07, 6.45) is 1.70. The van der Waals surface area contributed by atoms with Crippen molar-refractivity contribution in [2.24, 2.45) is 11.7 Å². The first-order valence-electron chi connectivity index (χ1n) is 8.36. The van der Waals surface area contributed by atoms with E-state index in [1.807, 2.05) is 23.1 Å². The topological polar surface area (TPSA) is 113 Å². The van der Waals surface area contributed by atoms with Gasteiger partial charge in [0.25, 0.3) is 0 Å². The molecule has 1 aromatic heterocycles. The minimum Gasteiger partial charge on any atom is -0.497 e. The highest BCUT2D eigenvalue weighted by Gasteiger charge is 2.26. The minimum absolute atomic E-state index is 0.0211. The fourth-order valence-corrected chi connectivity index (χ4v) is 3.20. The number of amides is 2. The summed E-state index contributed by atoms with van der Waals surface area (Å²) in [6, 6.07) is 5.59. The molecule has 0 bridgehead atoms. The van der Waals surface area contributed by atoms with Gasteiger partial charge in [0.05, 0.1) is 37.2 Å². The first-order valence-corrected chi connectivity index (χ1v) is 8.36. The zero-order chi connectivity index (χ0) is 17.8. The number of nitrogens with two attached hydrogens (primary N) is 1. The molecule has 2 amide bonds. The number of ether oxygens (including phenoxy) is 1. The number of hydrogen-bond acceptors (Lipinski definition) is 5. The number of primary amides is 1. The van der Waals surface area contributed by atoms with Crippen LogP contribution >= 0.6 is 0 Å². The van der Waals surface area contributed by atoms with Gasteiger partial charge in [-0.2, -0.15) is 0 Å². The SMILES string of the molecule is COc1ccc2nc(CNC(=O)C3CCCN(CC(N)=O)C3)[nH]c2c1. The van der Waals surface area contributed by atoms with Crippen LogP contribution in [0.5, 0.6) is 5.75 Å². The summed E-state index contributed by atoms with van der Waals surface area (Å²) in [5.74, 6) is 0.938. The highest BCUT2D eigenvalue weighted by molar-refractivity contribution is 5.80. The van der Waals surface area contributed by atoms with Gasteiger partial charge in [0.1, 0.15) is 11.6 Å². The molecule has 1 saturated heterocycles. The van der Waals surface area contributed by atoms with Crippen molar-refractivity contribution in [1.29, 1.82) is 0 Å². The first kappa shape index (κ1) is 17.2. The third-order valence-corrected chi connectivity index (χ3v) is 4.42. The van der Waals surface area contributed by atoms with E-state index in [2.05, 4.69) is 15.3 Å². The van der Waals surface area contributed by atoms with Crippen molar-refractivity contribution in [3.05, 3.63) is 24.0 Å². The second-order valence-electron chi connectivity index (χ2n) is 6.32. The lowest BCUT2D eigenvalue weighted by molar-refractivity contribution is -0.128. The fourth-order valence-electron chi connectivity index (χ4n) is 3.20. The molecule has 25 heavy (non-hydrogen) atoms. The molecule has 1 fully saturated rings. The minimum atomic E-state index is -0.362. The Morgan fingerprint density at radius 3 is 3.08 bits per heavy atom. The van der Waals surface area contributed by atoms with Crippen LogP contribution in [0.25, 0.3) is 11.0 Å². The molecular weight excluding hydrogens is 322 g/mol. The number of methoxy groups -OCH3 is 1. The standard InChI is InChI=1S/C17H23N5O3/c1-25-12-4-5-13-14(7-12)21-16(20-13)8-19-17(24)11-3-2-6-22(9-11)10-15(18)23/h4-5,7,11H,2-3,6,8-10H2,1H3,(H2,18,23)(H,19,24)(H,20,21). The van der Waals surface area contributed by atoms with Crippen LogP contribution in [0.2, 0.25) is 0 Å². The van der Waals surface area contributed by atoms with Gasteiger partial charge in [-0.05, 0) is 31.5 Å². The summed E-state index contributed by atoms with van der Waals surface area (Å²) in [5, 5.41) is 2.93. The van der Waals surface area contributed by atoms with Crippen molar-refractivity contribution in [1.82, 2.24) is 20.2 Å². The number of aromatic amines is 1. The summed E-state index contributed by atoms with van der Waals surface area (Å²) in [4.78, 5) is 33.0. The molecule has 4 N–H and O–H groups in total. The van der Waals surface area contributed by atoms with E-state index in [4.69, 9.17) is 10.5 Å². The first-order chi connectivity index (χ1) is 12.0. The lowest BCUT2D eigenvalue weighted by Crippen LogP contribution is -2.45. The maximum absolute atomic E-state index is 12.4. The molecule has 0 spiro atoms. The molecule has 3 rings (SSSR count). The van der Waals surface area contributed by atoms with E-state index < -0.39 is 0 Å². The maximum Gasteiger partial charge on any atom is 0.231 e. The Morgan fingerprint density at radius 2 is 2.32 bits per heavy atom. The van der Waals surface area contributed by atoms with Crippen LogP contribution in [-0.2, 0) is 16.1 Å².